The first-order valence-electron chi connectivity index (χ1n) is 9.57. The second-order valence-electron chi connectivity index (χ2n) is 6.91. The van der Waals surface area contributed by atoms with Gasteiger partial charge in [0.1, 0.15) is 11.5 Å². The molecule has 148 valence electrons. The first-order chi connectivity index (χ1) is 13.6. The number of hydrogen-bond acceptors (Lipinski definition) is 4. The number of amides is 2. The van der Waals surface area contributed by atoms with E-state index in [1.807, 2.05) is 36.4 Å². The third-order valence-corrected chi connectivity index (χ3v) is 4.49. The Balaban J connectivity index is 1.36. The van der Waals surface area contributed by atoms with Gasteiger partial charge in [0.15, 0.2) is 6.61 Å². The van der Waals surface area contributed by atoms with Gasteiger partial charge in [-0.3, -0.25) is 9.59 Å². The lowest BCUT2D eigenvalue weighted by Gasteiger charge is -2.18. The van der Waals surface area contributed by atoms with Gasteiger partial charge in [0.25, 0.3) is 5.91 Å². The summed E-state index contributed by atoms with van der Waals surface area (Å²) in [4.78, 5) is 25.7. The fraction of sp³-hybridized carbons (Fsp3) is 0.364. The van der Waals surface area contributed by atoms with Crippen molar-refractivity contribution in [3.05, 3.63) is 54.6 Å². The van der Waals surface area contributed by atoms with Crippen LogP contribution in [0.5, 0.6) is 11.5 Å². The highest BCUT2D eigenvalue weighted by Gasteiger charge is 2.29. The monoisotopic (exact) mass is 382 g/mol. The molecule has 0 saturated heterocycles. The molecule has 28 heavy (non-hydrogen) atoms. The molecule has 2 aromatic rings. The molecule has 0 atom stereocenters. The summed E-state index contributed by atoms with van der Waals surface area (Å²) in [7, 11) is 1.75. The third-order valence-electron chi connectivity index (χ3n) is 4.49. The van der Waals surface area contributed by atoms with Gasteiger partial charge >= 0.3 is 0 Å². The van der Waals surface area contributed by atoms with E-state index < -0.39 is 0 Å². The minimum atomic E-state index is -0.105. The van der Waals surface area contributed by atoms with Crippen LogP contribution in [0.15, 0.2) is 54.6 Å². The van der Waals surface area contributed by atoms with E-state index in [0.717, 1.165) is 25.0 Å². The lowest BCUT2D eigenvalue weighted by atomic mass is 10.3. The second kappa shape index (κ2) is 9.78. The number of carbonyl (C=O) groups excluding carboxylic acids is 2. The number of anilines is 1. The molecule has 0 unspecified atom stereocenters. The summed E-state index contributed by atoms with van der Waals surface area (Å²) in [6, 6.07) is 16.7. The Morgan fingerprint density at radius 3 is 2.54 bits per heavy atom. The predicted octanol–water partition coefficient (Wildman–Crippen LogP) is 3.34. The smallest absolute Gasteiger partial charge is 0.260 e. The quantitative estimate of drug-likeness (QED) is 0.640. The number of rotatable bonds is 10. The second-order valence-corrected chi connectivity index (χ2v) is 6.91. The van der Waals surface area contributed by atoms with Crippen molar-refractivity contribution < 1.29 is 19.1 Å². The van der Waals surface area contributed by atoms with E-state index in [1.165, 1.54) is 0 Å². The van der Waals surface area contributed by atoms with Crippen LogP contribution in [0.1, 0.15) is 19.3 Å². The number of hydrogen-bond donors (Lipinski definition) is 1. The molecule has 0 aliphatic heterocycles. The minimum Gasteiger partial charge on any atom is -0.494 e. The molecule has 0 aromatic heterocycles. The highest BCUT2D eigenvalue weighted by Crippen LogP contribution is 2.30. The molecule has 2 amide bonds. The van der Waals surface area contributed by atoms with Crippen molar-refractivity contribution in [2.75, 3.05) is 32.1 Å². The van der Waals surface area contributed by atoms with Crippen LogP contribution in [0.4, 0.5) is 5.69 Å². The van der Waals surface area contributed by atoms with Gasteiger partial charge in [-0.25, -0.2) is 0 Å². The number of nitrogens with zero attached hydrogens (tertiary/aromatic N) is 1. The van der Waals surface area contributed by atoms with Crippen LogP contribution in [0.25, 0.3) is 0 Å². The van der Waals surface area contributed by atoms with E-state index in [-0.39, 0.29) is 24.3 Å². The van der Waals surface area contributed by atoms with Crippen molar-refractivity contribution in [3.63, 3.8) is 0 Å². The van der Waals surface area contributed by atoms with Crippen LogP contribution >= 0.6 is 0 Å². The summed E-state index contributed by atoms with van der Waals surface area (Å²) in [5.41, 5.74) is 0.688. The molecule has 1 fully saturated rings. The van der Waals surface area contributed by atoms with Gasteiger partial charge in [-0.1, -0.05) is 24.3 Å². The predicted molar refractivity (Wildman–Crippen MR) is 107 cm³/mol. The average molecular weight is 382 g/mol. The Bertz CT molecular complexity index is 790. The van der Waals surface area contributed by atoms with Crippen LogP contribution in [0, 0.1) is 5.92 Å². The van der Waals surface area contributed by atoms with Crippen molar-refractivity contribution in [3.8, 4) is 11.5 Å². The van der Waals surface area contributed by atoms with Crippen LogP contribution in [0.3, 0.4) is 0 Å². The molecule has 0 radical (unpaired) electrons. The Morgan fingerprint density at radius 1 is 1.04 bits per heavy atom. The molecule has 1 aliphatic carbocycles. The largest absolute Gasteiger partial charge is 0.494 e. The maximum Gasteiger partial charge on any atom is 0.260 e. The highest BCUT2D eigenvalue weighted by atomic mass is 16.5. The normalized spacial score (nSPS) is 12.9. The zero-order valence-electron chi connectivity index (χ0n) is 16.1. The van der Waals surface area contributed by atoms with E-state index in [9.17, 15) is 9.59 Å². The summed E-state index contributed by atoms with van der Waals surface area (Å²) in [5.74, 6) is 1.47. The molecular formula is C22H26N2O4. The molecule has 6 heteroatoms. The van der Waals surface area contributed by atoms with Gasteiger partial charge in [0.2, 0.25) is 5.91 Å². The maximum atomic E-state index is 12.2. The Morgan fingerprint density at radius 2 is 1.79 bits per heavy atom. The van der Waals surface area contributed by atoms with Crippen molar-refractivity contribution >= 4 is 17.5 Å². The Labute approximate surface area is 165 Å². The zero-order chi connectivity index (χ0) is 19.8. The molecule has 1 N–H and O–H groups in total. The molecule has 2 aromatic carbocycles. The topological polar surface area (TPSA) is 67.9 Å². The minimum absolute atomic E-state index is 0.0456. The summed E-state index contributed by atoms with van der Waals surface area (Å²) >= 11 is 0. The molecule has 0 heterocycles. The van der Waals surface area contributed by atoms with Crippen molar-refractivity contribution in [2.24, 2.45) is 5.92 Å². The number of para-hydroxylation sites is 1. The average Bonchev–Trinajstić information content (AvgIpc) is 3.56. The third kappa shape index (κ3) is 6.30. The van der Waals surface area contributed by atoms with Crippen LogP contribution in [0.2, 0.25) is 0 Å². The standard InChI is InChI=1S/C22H26N2O4/c1-24(13-6-14-27-19-8-3-2-4-9-19)21(25)16-28-20-10-5-7-18(15-20)23-22(26)17-11-12-17/h2-5,7-10,15,17H,6,11-14,16H2,1H3,(H,23,26). The molecule has 6 nitrogen and oxygen atoms in total. The number of carbonyl (C=O) groups is 2. The van der Waals surface area contributed by atoms with E-state index in [0.29, 0.717) is 24.6 Å². The summed E-state index contributed by atoms with van der Waals surface area (Å²) in [6.45, 7) is 1.09. The van der Waals surface area contributed by atoms with Gasteiger partial charge in [0, 0.05) is 31.3 Å². The van der Waals surface area contributed by atoms with Gasteiger partial charge in [-0.05, 0) is 43.5 Å². The SMILES string of the molecule is CN(CCCOc1ccccc1)C(=O)COc1cccc(NC(=O)C2CC2)c1. The van der Waals surface area contributed by atoms with Crippen LogP contribution in [-0.2, 0) is 9.59 Å². The van der Waals surface area contributed by atoms with Gasteiger partial charge in [-0.15, -0.1) is 0 Å². The first kappa shape index (κ1) is 19.7. The van der Waals surface area contributed by atoms with E-state index in [2.05, 4.69) is 5.32 Å². The Kier molecular flexibility index (Phi) is 6.89. The molecule has 0 spiro atoms. The fourth-order valence-corrected chi connectivity index (χ4v) is 2.64. The summed E-state index contributed by atoms with van der Waals surface area (Å²) in [5, 5.41) is 2.87. The number of ether oxygens (including phenoxy) is 2. The van der Waals surface area contributed by atoms with E-state index in [4.69, 9.17) is 9.47 Å². The number of benzene rings is 2. The van der Waals surface area contributed by atoms with Gasteiger partial charge in [0.05, 0.1) is 6.61 Å². The van der Waals surface area contributed by atoms with E-state index in [1.54, 1.807) is 30.1 Å². The molecule has 1 saturated carbocycles. The fourth-order valence-electron chi connectivity index (χ4n) is 2.64. The van der Waals surface area contributed by atoms with Crippen molar-refractivity contribution in [1.82, 2.24) is 4.90 Å². The lowest BCUT2D eigenvalue weighted by Crippen LogP contribution is -2.32. The van der Waals surface area contributed by atoms with Gasteiger partial charge < -0.3 is 19.7 Å². The first-order valence-corrected chi connectivity index (χ1v) is 9.57. The summed E-state index contributed by atoms with van der Waals surface area (Å²) < 4.78 is 11.2. The molecule has 0 bridgehead atoms. The highest BCUT2D eigenvalue weighted by molar-refractivity contribution is 5.94. The van der Waals surface area contributed by atoms with E-state index >= 15 is 0 Å². The van der Waals surface area contributed by atoms with Crippen LogP contribution in [-0.4, -0.2) is 43.5 Å². The maximum absolute atomic E-state index is 12.2. The van der Waals surface area contributed by atoms with Crippen molar-refractivity contribution in [2.45, 2.75) is 19.3 Å². The number of likely N-dealkylation sites (N-methyl/N-ethyl adjacent to an activating group) is 1. The molecule has 3 rings (SSSR count). The summed E-state index contributed by atoms with van der Waals surface area (Å²) in [6.07, 6.45) is 2.65. The number of nitrogens with one attached hydrogen (secondary N) is 1. The lowest BCUT2D eigenvalue weighted by molar-refractivity contribution is -0.132. The molecule has 1 aliphatic rings. The van der Waals surface area contributed by atoms with Crippen molar-refractivity contribution in [1.29, 1.82) is 0 Å². The molecular weight excluding hydrogens is 356 g/mol. The Hall–Kier alpha value is -3.02. The van der Waals surface area contributed by atoms with Crippen LogP contribution < -0.4 is 14.8 Å². The zero-order valence-corrected chi connectivity index (χ0v) is 16.1. The van der Waals surface area contributed by atoms with Gasteiger partial charge in [-0.2, -0.15) is 0 Å².